The van der Waals surface area contributed by atoms with Gasteiger partial charge < -0.3 is 15.4 Å². The Morgan fingerprint density at radius 2 is 1.89 bits per heavy atom. The summed E-state index contributed by atoms with van der Waals surface area (Å²) >= 11 is 0. The van der Waals surface area contributed by atoms with Crippen LogP contribution >= 0.6 is 0 Å². The molecule has 3 aliphatic heterocycles. The van der Waals surface area contributed by atoms with Crippen LogP contribution in [0.15, 0.2) is 18.2 Å². The lowest BCUT2D eigenvalue weighted by atomic mass is 9.86. The zero-order valence-corrected chi connectivity index (χ0v) is 16.4. The average molecular weight is 392 g/mol. The highest BCUT2D eigenvalue weighted by molar-refractivity contribution is 5.23. The van der Waals surface area contributed by atoms with Crippen molar-refractivity contribution in [2.45, 2.75) is 43.9 Å². The van der Waals surface area contributed by atoms with Crippen molar-refractivity contribution in [3.63, 3.8) is 0 Å². The van der Waals surface area contributed by atoms with E-state index in [0.29, 0.717) is 6.61 Å². The summed E-state index contributed by atoms with van der Waals surface area (Å²) in [5.74, 6) is 1.65. The maximum absolute atomic E-state index is 14.1. The molecule has 1 aromatic carbocycles. The normalized spacial score (nSPS) is 37.2. The fraction of sp³-hybridized carbons (Fsp3) is 0.727. The van der Waals surface area contributed by atoms with Crippen LogP contribution in [0.5, 0.6) is 0 Å². The second kappa shape index (κ2) is 7.63. The molecule has 0 aromatic heterocycles. The molecule has 4 nitrogen and oxygen atoms in total. The van der Waals surface area contributed by atoms with Gasteiger partial charge in [0.05, 0.1) is 6.61 Å². The summed E-state index contributed by atoms with van der Waals surface area (Å²) in [6.07, 6.45) is 4.29. The van der Waals surface area contributed by atoms with E-state index in [1.807, 2.05) is 0 Å². The van der Waals surface area contributed by atoms with Crippen molar-refractivity contribution in [3.05, 3.63) is 35.4 Å². The number of nitrogens with zero attached hydrogens (tertiary/aromatic N) is 2. The van der Waals surface area contributed by atoms with Crippen LogP contribution < -0.4 is 5.73 Å². The van der Waals surface area contributed by atoms with E-state index >= 15 is 0 Å². The van der Waals surface area contributed by atoms with Crippen molar-refractivity contribution >= 4 is 0 Å². The van der Waals surface area contributed by atoms with E-state index in [9.17, 15) is 8.78 Å². The SMILES string of the molecule is NC1CC(N2CCC3CN(CC4CC4)CC3C2)COC1c1cc(F)ccc1F. The number of rotatable bonds is 4. The number of fused-ring (bicyclic) bond motifs is 1. The largest absolute Gasteiger partial charge is 0.370 e. The number of hydrogen-bond acceptors (Lipinski definition) is 4. The maximum Gasteiger partial charge on any atom is 0.129 e. The van der Waals surface area contributed by atoms with Gasteiger partial charge in [0.2, 0.25) is 0 Å². The molecule has 3 saturated heterocycles. The minimum atomic E-state index is -0.565. The Kier molecular flexibility index (Phi) is 5.16. The molecule has 28 heavy (non-hydrogen) atoms. The Morgan fingerprint density at radius 1 is 1.07 bits per heavy atom. The van der Waals surface area contributed by atoms with Crippen molar-refractivity contribution in [2.75, 3.05) is 39.3 Å². The Morgan fingerprint density at radius 3 is 2.68 bits per heavy atom. The molecule has 3 heterocycles. The lowest BCUT2D eigenvalue weighted by Crippen LogP contribution is -2.53. The third kappa shape index (κ3) is 3.84. The summed E-state index contributed by atoms with van der Waals surface area (Å²) < 4.78 is 33.7. The van der Waals surface area contributed by atoms with E-state index in [4.69, 9.17) is 10.5 Å². The highest BCUT2D eigenvalue weighted by Crippen LogP contribution is 2.38. The van der Waals surface area contributed by atoms with Crippen LogP contribution in [0.3, 0.4) is 0 Å². The molecule has 4 fully saturated rings. The quantitative estimate of drug-likeness (QED) is 0.857. The van der Waals surface area contributed by atoms with Gasteiger partial charge in [0.25, 0.3) is 0 Å². The molecule has 0 radical (unpaired) electrons. The molecule has 2 N–H and O–H groups in total. The first kappa shape index (κ1) is 18.9. The van der Waals surface area contributed by atoms with Crippen LogP contribution in [0.1, 0.15) is 37.4 Å². The molecular weight excluding hydrogens is 360 g/mol. The van der Waals surface area contributed by atoms with Crippen LogP contribution in [0.2, 0.25) is 0 Å². The molecule has 0 amide bonds. The van der Waals surface area contributed by atoms with Crippen molar-refractivity contribution in [2.24, 2.45) is 23.5 Å². The molecule has 5 rings (SSSR count). The average Bonchev–Trinajstić information content (AvgIpc) is 3.40. The molecule has 154 valence electrons. The monoisotopic (exact) mass is 391 g/mol. The first-order valence-electron chi connectivity index (χ1n) is 10.9. The van der Waals surface area contributed by atoms with E-state index < -0.39 is 17.7 Å². The number of ether oxygens (including phenoxy) is 1. The first-order valence-corrected chi connectivity index (χ1v) is 10.9. The molecule has 0 bridgehead atoms. The highest BCUT2D eigenvalue weighted by Gasteiger charge is 2.42. The number of piperidine rings is 1. The van der Waals surface area contributed by atoms with Crippen LogP contribution in [-0.2, 0) is 4.74 Å². The van der Waals surface area contributed by atoms with Gasteiger partial charge in [0.1, 0.15) is 17.7 Å². The second-order valence-corrected chi connectivity index (χ2v) is 9.44. The Bertz CT molecular complexity index is 713. The van der Waals surface area contributed by atoms with Crippen LogP contribution in [0.25, 0.3) is 0 Å². The Hall–Kier alpha value is -1.08. The maximum atomic E-state index is 14.1. The molecule has 4 aliphatic rings. The zero-order chi connectivity index (χ0) is 19.3. The van der Waals surface area contributed by atoms with Gasteiger partial charge in [-0.1, -0.05) is 0 Å². The smallest absolute Gasteiger partial charge is 0.129 e. The van der Waals surface area contributed by atoms with E-state index in [1.165, 1.54) is 45.0 Å². The molecular formula is C22H31F2N3O. The summed E-state index contributed by atoms with van der Waals surface area (Å²) in [6, 6.07) is 3.47. The molecule has 5 atom stereocenters. The third-order valence-electron chi connectivity index (χ3n) is 7.30. The molecule has 5 unspecified atom stereocenters. The Balaban J connectivity index is 1.19. The van der Waals surface area contributed by atoms with Gasteiger partial charge in [-0.3, -0.25) is 4.90 Å². The second-order valence-electron chi connectivity index (χ2n) is 9.44. The van der Waals surface area contributed by atoms with E-state index in [0.717, 1.165) is 49.4 Å². The minimum absolute atomic E-state index is 0.246. The predicted octanol–water partition coefficient (Wildman–Crippen LogP) is 2.79. The van der Waals surface area contributed by atoms with Crippen molar-refractivity contribution in [1.29, 1.82) is 0 Å². The molecule has 1 aromatic rings. The number of hydrogen-bond donors (Lipinski definition) is 1. The number of halogens is 2. The lowest BCUT2D eigenvalue weighted by molar-refractivity contribution is -0.0616. The Labute approximate surface area is 166 Å². The minimum Gasteiger partial charge on any atom is -0.370 e. The number of benzene rings is 1. The molecule has 1 saturated carbocycles. The van der Waals surface area contributed by atoms with Crippen LogP contribution in [0.4, 0.5) is 8.78 Å². The predicted molar refractivity (Wildman–Crippen MR) is 104 cm³/mol. The third-order valence-corrected chi connectivity index (χ3v) is 7.30. The van der Waals surface area contributed by atoms with E-state index in [1.54, 1.807) is 0 Å². The van der Waals surface area contributed by atoms with Crippen molar-refractivity contribution in [1.82, 2.24) is 9.80 Å². The van der Waals surface area contributed by atoms with Gasteiger partial charge >= 0.3 is 0 Å². The summed E-state index contributed by atoms with van der Waals surface area (Å²) in [5.41, 5.74) is 6.62. The fourth-order valence-electron chi connectivity index (χ4n) is 5.59. The highest BCUT2D eigenvalue weighted by atomic mass is 19.1. The van der Waals surface area contributed by atoms with Crippen LogP contribution in [0, 0.1) is 29.4 Å². The molecule has 6 heteroatoms. The summed E-state index contributed by atoms with van der Waals surface area (Å²) in [6.45, 7) is 6.55. The van der Waals surface area contributed by atoms with Gasteiger partial charge in [-0.2, -0.15) is 0 Å². The van der Waals surface area contributed by atoms with E-state index in [2.05, 4.69) is 9.80 Å². The topological polar surface area (TPSA) is 41.7 Å². The van der Waals surface area contributed by atoms with Crippen molar-refractivity contribution in [3.8, 4) is 0 Å². The van der Waals surface area contributed by atoms with Gasteiger partial charge in [0.15, 0.2) is 0 Å². The number of nitrogens with two attached hydrogens (primary N) is 1. The zero-order valence-electron chi connectivity index (χ0n) is 16.4. The van der Waals surface area contributed by atoms with Gasteiger partial charge in [-0.05, 0) is 68.2 Å². The van der Waals surface area contributed by atoms with Crippen LogP contribution in [-0.4, -0.2) is 61.2 Å². The molecule has 1 aliphatic carbocycles. The first-order chi connectivity index (χ1) is 13.6. The summed E-state index contributed by atoms with van der Waals surface area (Å²) in [5, 5.41) is 0. The van der Waals surface area contributed by atoms with Gasteiger partial charge in [-0.15, -0.1) is 0 Å². The van der Waals surface area contributed by atoms with Gasteiger partial charge in [-0.25, -0.2) is 8.78 Å². The summed E-state index contributed by atoms with van der Waals surface area (Å²) in [4.78, 5) is 5.22. The van der Waals surface area contributed by atoms with Gasteiger partial charge in [0, 0.05) is 43.8 Å². The molecule has 0 spiro atoms. The number of likely N-dealkylation sites (tertiary alicyclic amines) is 2. The summed E-state index contributed by atoms with van der Waals surface area (Å²) in [7, 11) is 0. The van der Waals surface area contributed by atoms with E-state index in [-0.39, 0.29) is 17.6 Å². The lowest BCUT2D eigenvalue weighted by Gasteiger charge is -2.44. The fourth-order valence-corrected chi connectivity index (χ4v) is 5.59. The standard InChI is InChI=1S/C22H31F2N3O/c23-17-3-4-20(24)19(7-17)22-21(25)8-18(13-28-22)27-6-5-15-10-26(9-14-1-2-14)11-16(15)12-27/h3-4,7,14-16,18,21-22H,1-2,5-6,8-13,25H2. The van der Waals surface area contributed by atoms with Crippen molar-refractivity contribution < 1.29 is 13.5 Å².